The molecular weight excluding hydrogens is 238 g/mol. The molecule has 0 saturated heterocycles. The third-order valence-electron chi connectivity index (χ3n) is 3.63. The molecule has 2 rings (SSSR count). The van der Waals surface area contributed by atoms with Gasteiger partial charge in [0.2, 0.25) is 5.91 Å². The van der Waals surface area contributed by atoms with Gasteiger partial charge < -0.3 is 16.0 Å². The van der Waals surface area contributed by atoms with Crippen molar-refractivity contribution in [2.45, 2.75) is 26.3 Å². The summed E-state index contributed by atoms with van der Waals surface area (Å²) in [5, 5.41) is 3.16. The zero-order valence-corrected chi connectivity index (χ0v) is 11.7. The van der Waals surface area contributed by atoms with Crippen LogP contribution in [0.15, 0.2) is 24.3 Å². The number of hydrogen-bond acceptors (Lipinski definition) is 3. The van der Waals surface area contributed by atoms with Crippen LogP contribution < -0.4 is 16.0 Å². The molecule has 4 nitrogen and oxygen atoms in total. The van der Waals surface area contributed by atoms with E-state index in [1.807, 2.05) is 13.0 Å². The van der Waals surface area contributed by atoms with Gasteiger partial charge in [0.15, 0.2) is 0 Å². The number of nitrogens with zero attached hydrogens (tertiary/aromatic N) is 1. The van der Waals surface area contributed by atoms with E-state index in [0.717, 1.165) is 19.5 Å². The number of primary amides is 1. The van der Waals surface area contributed by atoms with Crippen LogP contribution in [0, 0.1) is 5.92 Å². The molecular formula is C15H23N3O. The van der Waals surface area contributed by atoms with E-state index in [4.69, 9.17) is 5.73 Å². The van der Waals surface area contributed by atoms with Crippen molar-refractivity contribution >= 4 is 11.6 Å². The number of rotatable bonds is 5. The van der Waals surface area contributed by atoms with Crippen molar-refractivity contribution in [1.29, 1.82) is 0 Å². The van der Waals surface area contributed by atoms with E-state index in [9.17, 15) is 4.79 Å². The molecule has 1 amide bonds. The van der Waals surface area contributed by atoms with E-state index >= 15 is 0 Å². The third kappa shape index (κ3) is 3.26. The van der Waals surface area contributed by atoms with E-state index in [0.29, 0.717) is 12.5 Å². The molecule has 0 fully saturated rings. The van der Waals surface area contributed by atoms with Crippen molar-refractivity contribution in [3.63, 3.8) is 0 Å². The number of nitrogens with one attached hydrogen (secondary N) is 1. The highest BCUT2D eigenvalue weighted by Crippen LogP contribution is 2.29. The number of likely N-dealkylation sites (N-methyl/N-ethyl adjacent to an activating group) is 1. The third-order valence-corrected chi connectivity index (χ3v) is 3.63. The molecule has 0 spiro atoms. The maximum absolute atomic E-state index is 11.5. The Morgan fingerprint density at radius 2 is 2.26 bits per heavy atom. The molecule has 19 heavy (non-hydrogen) atoms. The predicted molar refractivity (Wildman–Crippen MR) is 78.2 cm³/mol. The average Bonchev–Trinajstić information content (AvgIpc) is 2.37. The van der Waals surface area contributed by atoms with Gasteiger partial charge in [0, 0.05) is 18.8 Å². The fourth-order valence-corrected chi connectivity index (χ4v) is 2.80. The maximum Gasteiger partial charge on any atom is 0.236 e. The first-order valence-electron chi connectivity index (χ1n) is 6.97. The predicted octanol–water partition coefficient (Wildman–Crippen LogP) is 1.15. The summed E-state index contributed by atoms with van der Waals surface area (Å²) < 4.78 is 0. The van der Waals surface area contributed by atoms with Crippen molar-refractivity contribution in [3.8, 4) is 0 Å². The fraction of sp³-hybridized carbons (Fsp3) is 0.533. The minimum Gasteiger partial charge on any atom is -0.369 e. The quantitative estimate of drug-likeness (QED) is 0.836. The monoisotopic (exact) mass is 261 g/mol. The molecule has 3 N–H and O–H groups in total. The molecule has 2 unspecified atom stereocenters. The minimum atomic E-state index is -0.289. The highest BCUT2D eigenvalue weighted by Gasteiger charge is 2.25. The summed E-state index contributed by atoms with van der Waals surface area (Å²) in [5.74, 6) is 0.322. The van der Waals surface area contributed by atoms with E-state index in [-0.39, 0.29) is 11.9 Å². The molecule has 0 saturated carbocycles. The number of anilines is 1. The van der Waals surface area contributed by atoms with Gasteiger partial charge in [-0.15, -0.1) is 0 Å². The number of fused-ring (bicyclic) bond motifs is 1. The van der Waals surface area contributed by atoms with Gasteiger partial charge in [0.1, 0.15) is 6.04 Å². The summed E-state index contributed by atoms with van der Waals surface area (Å²) in [5.41, 5.74) is 8.07. The first-order chi connectivity index (χ1) is 9.11. The van der Waals surface area contributed by atoms with Crippen LogP contribution in [0.3, 0.4) is 0 Å². The first-order valence-corrected chi connectivity index (χ1v) is 6.97. The number of nitrogens with two attached hydrogens (primary N) is 1. The molecule has 1 aromatic rings. The summed E-state index contributed by atoms with van der Waals surface area (Å²) in [6.45, 7) is 6.60. The summed E-state index contributed by atoms with van der Waals surface area (Å²) >= 11 is 0. The van der Waals surface area contributed by atoms with Crippen LogP contribution in [0.4, 0.5) is 5.69 Å². The second-order valence-corrected chi connectivity index (χ2v) is 5.36. The van der Waals surface area contributed by atoms with Crippen LogP contribution >= 0.6 is 0 Å². The summed E-state index contributed by atoms with van der Waals surface area (Å²) in [6, 6.07) is 8.14. The number of carbonyl (C=O) groups is 1. The van der Waals surface area contributed by atoms with Crippen molar-refractivity contribution in [3.05, 3.63) is 29.8 Å². The van der Waals surface area contributed by atoms with E-state index in [2.05, 4.69) is 35.3 Å². The molecule has 4 heteroatoms. The summed E-state index contributed by atoms with van der Waals surface area (Å²) in [6.07, 6.45) is 1.11. The van der Waals surface area contributed by atoms with Crippen molar-refractivity contribution in [2.24, 2.45) is 11.7 Å². The van der Waals surface area contributed by atoms with Crippen LogP contribution in [0.2, 0.25) is 0 Å². The minimum absolute atomic E-state index is 0.280. The Balaban J connectivity index is 2.18. The van der Waals surface area contributed by atoms with Crippen molar-refractivity contribution in [2.75, 3.05) is 24.5 Å². The van der Waals surface area contributed by atoms with E-state index in [1.165, 1.54) is 11.3 Å². The Bertz CT molecular complexity index is 447. The molecule has 1 heterocycles. The standard InChI is InChI=1S/C15H23N3O/c1-3-17-13(15(16)19)10-18-9-11(2)8-12-6-4-5-7-14(12)18/h4-7,11,13,17H,3,8-10H2,1-2H3,(H2,16,19). The second-order valence-electron chi connectivity index (χ2n) is 5.36. The van der Waals surface area contributed by atoms with Gasteiger partial charge in [-0.05, 0) is 30.5 Å². The van der Waals surface area contributed by atoms with Gasteiger partial charge in [0.05, 0.1) is 0 Å². The van der Waals surface area contributed by atoms with Crippen LogP contribution in [0.5, 0.6) is 0 Å². The molecule has 0 radical (unpaired) electrons. The smallest absolute Gasteiger partial charge is 0.236 e. The van der Waals surface area contributed by atoms with Crippen LogP contribution in [-0.4, -0.2) is 31.6 Å². The highest BCUT2D eigenvalue weighted by molar-refractivity contribution is 5.80. The molecule has 104 valence electrons. The average molecular weight is 261 g/mol. The summed E-state index contributed by atoms with van der Waals surface area (Å²) in [4.78, 5) is 13.8. The van der Waals surface area contributed by atoms with Gasteiger partial charge in [-0.2, -0.15) is 0 Å². The molecule has 0 aromatic heterocycles. The lowest BCUT2D eigenvalue weighted by Crippen LogP contribution is -2.51. The topological polar surface area (TPSA) is 58.4 Å². The highest BCUT2D eigenvalue weighted by atomic mass is 16.1. The summed E-state index contributed by atoms with van der Waals surface area (Å²) in [7, 11) is 0. The van der Waals surface area contributed by atoms with Crippen LogP contribution in [0.25, 0.3) is 0 Å². The molecule has 1 aromatic carbocycles. The molecule has 0 aliphatic carbocycles. The van der Waals surface area contributed by atoms with E-state index < -0.39 is 0 Å². The zero-order valence-electron chi connectivity index (χ0n) is 11.7. The number of hydrogen-bond donors (Lipinski definition) is 2. The molecule has 1 aliphatic heterocycles. The SMILES string of the molecule is CCNC(CN1CC(C)Cc2ccccc21)C(N)=O. The Morgan fingerprint density at radius 1 is 1.53 bits per heavy atom. The largest absolute Gasteiger partial charge is 0.369 e. The van der Waals surface area contributed by atoms with Crippen molar-refractivity contribution in [1.82, 2.24) is 5.32 Å². The van der Waals surface area contributed by atoms with Gasteiger partial charge >= 0.3 is 0 Å². The number of para-hydroxylation sites is 1. The van der Waals surface area contributed by atoms with Gasteiger partial charge in [-0.1, -0.05) is 32.0 Å². The Hall–Kier alpha value is -1.55. The van der Waals surface area contributed by atoms with Gasteiger partial charge in [0.25, 0.3) is 0 Å². The van der Waals surface area contributed by atoms with Gasteiger partial charge in [-0.25, -0.2) is 0 Å². The van der Waals surface area contributed by atoms with Crippen LogP contribution in [0.1, 0.15) is 19.4 Å². The molecule has 2 atom stereocenters. The number of benzene rings is 1. The Kier molecular flexibility index (Phi) is 4.43. The van der Waals surface area contributed by atoms with Crippen LogP contribution in [-0.2, 0) is 11.2 Å². The number of carbonyl (C=O) groups excluding carboxylic acids is 1. The van der Waals surface area contributed by atoms with Gasteiger partial charge in [-0.3, -0.25) is 4.79 Å². The first kappa shape index (κ1) is 13.9. The zero-order chi connectivity index (χ0) is 13.8. The Labute approximate surface area is 115 Å². The lowest BCUT2D eigenvalue weighted by molar-refractivity contribution is -0.119. The lowest BCUT2D eigenvalue weighted by atomic mass is 9.93. The Morgan fingerprint density at radius 3 is 2.95 bits per heavy atom. The van der Waals surface area contributed by atoms with E-state index in [1.54, 1.807) is 0 Å². The van der Waals surface area contributed by atoms with Crippen molar-refractivity contribution < 1.29 is 4.79 Å². The second kappa shape index (κ2) is 6.06. The molecule has 1 aliphatic rings. The normalized spacial score (nSPS) is 19.9. The fourth-order valence-electron chi connectivity index (χ4n) is 2.80. The molecule has 0 bridgehead atoms. The maximum atomic E-state index is 11.5. The lowest BCUT2D eigenvalue weighted by Gasteiger charge is -2.36. The number of amides is 1.